The fourth-order valence-electron chi connectivity index (χ4n) is 1.46. The van der Waals surface area contributed by atoms with Gasteiger partial charge in [-0.15, -0.1) is 0 Å². The molecule has 1 aromatic carbocycles. The van der Waals surface area contributed by atoms with E-state index >= 15 is 0 Å². The second kappa shape index (κ2) is 4.10. The van der Waals surface area contributed by atoms with Crippen LogP contribution < -0.4 is 4.74 Å². The Morgan fingerprint density at radius 3 is 2.50 bits per heavy atom. The van der Waals surface area contributed by atoms with Gasteiger partial charge in [0.25, 0.3) is 0 Å². The van der Waals surface area contributed by atoms with Crippen molar-refractivity contribution in [2.75, 3.05) is 7.11 Å². The van der Waals surface area contributed by atoms with Crippen molar-refractivity contribution in [3.63, 3.8) is 0 Å². The molecule has 0 saturated carbocycles. The number of carboxylic acid groups (broad SMARTS) is 1. The first-order valence-electron chi connectivity index (χ1n) is 4.66. The standard InChI is InChI=1S/C12H10O4/c1-15-9-4-2-8(3-5-9)10-6-16-7-11(10)12(13)14/h2-7H,1H3,(H,13,14). The van der Waals surface area contributed by atoms with Gasteiger partial charge >= 0.3 is 5.97 Å². The predicted octanol–water partition coefficient (Wildman–Crippen LogP) is 2.65. The molecular formula is C12H10O4. The van der Waals surface area contributed by atoms with Crippen LogP contribution in [0.2, 0.25) is 0 Å². The Hall–Kier alpha value is -2.23. The first-order valence-corrected chi connectivity index (χ1v) is 4.66. The third-order valence-corrected chi connectivity index (χ3v) is 2.29. The summed E-state index contributed by atoms with van der Waals surface area (Å²) < 4.78 is 9.93. The van der Waals surface area contributed by atoms with Gasteiger partial charge in [0, 0.05) is 5.56 Å². The van der Waals surface area contributed by atoms with Crippen molar-refractivity contribution in [1.82, 2.24) is 0 Å². The molecule has 0 atom stereocenters. The van der Waals surface area contributed by atoms with E-state index in [2.05, 4.69) is 0 Å². The van der Waals surface area contributed by atoms with Crippen LogP contribution in [-0.4, -0.2) is 18.2 Å². The number of methoxy groups -OCH3 is 1. The molecule has 82 valence electrons. The first-order chi connectivity index (χ1) is 7.72. The minimum absolute atomic E-state index is 0.158. The van der Waals surface area contributed by atoms with Gasteiger partial charge in [0.1, 0.15) is 17.6 Å². The lowest BCUT2D eigenvalue weighted by molar-refractivity contribution is 0.0697. The number of ether oxygens (including phenoxy) is 1. The molecule has 0 spiro atoms. The zero-order valence-electron chi connectivity index (χ0n) is 8.64. The Kier molecular flexibility index (Phi) is 2.64. The van der Waals surface area contributed by atoms with Gasteiger partial charge in [-0.05, 0) is 17.7 Å². The van der Waals surface area contributed by atoms with Crippen LogP contribution in [0.3, 0.4) is 0 Å². The molecule has 0 amide bonds. The minimum atomic E-state index is -1.00. The van der Waals surface area contributed by atoms with E-state index in [0.29, 0.717) is 5.56 Å². The molecule has 16 heavy (non-hydrogen) atoms. The quantitative estimate of drug-likeness (QED) is 0.860. The number of hydrogen-bond acceptors (Lipinski definition) is 3. The van der Waals surface area contributed by atoms with Gasteiger partial charge in [-0.3, -0.25) is 0 Å². The van der Waals surface area contributed by atoms with Crippen LogP contribution in [-0.2, 0) is 0 Å². The van der Waals surface area contributed by atoms with Crippen LogP contribution in [0.1, 0.15) is 10.4 Å². The fraction of sp³-hybridized carbons (Fsp3) is 0.0833. The Morgan fingerprint density at radius 2 is 1.94 bits per heavy atom. The van der Waals surface area contributed by atoms with E-state index in [4.69, 9.17) is 14.3 Å². The van der Waals surface area contributed by atoms with E-state index in [1.54, 1.807) is 31.4 Å². The third kappa shape index (κ3) is 1.77. The first kappa shape index (κ1) is 10.3. The number of carboxylic acids is 1. The molecule has 0 saturated heterocycles. The highest BCUT2D eigenvalue weighted by Crippen LogP contribution is 2.26. The number of hydrogen-bond donors (Lipinski definition) is 1. The predicted molar refractivity (Wildman–Crippen MR) is 57.7 cm³/mol. The molecule has 4 nitrogen and oxygen atoms in total. The molecule has 0 unspecified atom stereocenters. The van der Waals surface area contributed by atoms with E-state index in [9.17, 15) is 4.79 Å². The minimum Gasteiger partial charge on any atom is -0.497 e. The summed E-state index contributed by atoms with van der Waals surface area (Å²) in [7, 11) is 1.58. The molecule has 2 aromatic rings. The maximum absolute atomic E-state index is 10.9. The molecular weight excluding hydrogens is 208 g/mol. The summed E-state index contributed by atoms with van der Waals surface area (Å²) in [5.74, 6) is -0.274. The van der Waals surface area contributed by atoms with Crippen molar-refractivity contribution >= 4 is 5.97 Å². The monoisotopic (exact) mass is 218 g/mol. The van der Waals surface area contributed by atoms with Crippen molar-refractivity contribution in [2.45, 2.75) is 0 Å². The summed E-state index contributed by atoms with van der Waals surface area (Å²) >= 11 is 0. The maximum Gasteiger partial charge on any atom is 0.339 e. The number of benzene rings is 1. The second-order valence-corrected chi connectivity index (χ2v) is 3.23. The zero-order chi connectivity index (χ0) is 11.5. The molecule has 0 radical (unpaired) electrons. The molecule has 4 heteroatoms. The number of furan rings is 1. The van der Waals surface area contributed by atoms with Crippen molar-refractivity contribution in [1.29, 1.82) is 0 Å². The Morgan fingerprint density at radius 1 is 1.25 bits per heavy atom. The Balaban J connectivity index is 2.42. The molecule has 0 bridgehead atoms. The lowest BCUT2D eigenvalue weighted by Crippen LogP contribution is -1.95. The molecule has 2 rings (SSSR count). The summed E-state index contributed by atoms with van der Waals surface area (Å²) in [6, 6.07) is 7.12. The van der Waals surface area contributed by atoms with Gasteiger partial charge in [0.15, 0.2) is 0 Å². The smallest absolute Gasteiger partial charge is 0.339 e. The molecule has 0 aliphatic carbocycles. The Bertz CT molecular complexity index is 496. The molecule has 0 aliphatic heterocycles. The van der Waals surface area contributed by atoms with Gasteiger partial charge < -0.3 is 14.3 Å². The summed E-state index contributed by atoms with van der Waals surface area (Å²) in [4.78, 5) is 10.9. The molecule has 1 aromatic heterocycles. The van der Waals surface area contributed by atoms with Crippen LogP contribution in [0.4, 0.5) is 0 Å². The van der Waals surface area contributed by atoms with E-state index in [1.807, 2.05) is 0 Å². The summed E-state index contributed by atoms with van der Waals surface area (Å²) in [5, 5.41) is 8.93. The largest absolute Gasteiger partial charge is 0.497 e. The van der Waals surface area contributed by atoms with Gasteiger partial charge in [-0.2, -0.15) is 0 Å². The highest BCUT2D eigenvalue weighted by molar-refractivity contribution is 5.95. The van der Waals surface area contributed by atoms with Crippen LogP contribution >= 0.6 is 0 Å². The fourth-order valence-corrected chi connectivity index (χ4v) is 1.46. The van der Waals surface area contributed by atoms with Crippen LogP contribution in [0.5, 0.6) is 5.75 Å². The van der Waals surface area contributed by atoms with Crippen LogP contribution in [0.15, 0.2) is 41.2 Å². The molecule has 1 heterocycles. The molecule has 1 N–H and O–H groups in total. The lowest BCUT2D eigenvalue weighted by Gasteiger charge is -2.02. The summed E-state index contributed by atoms with van der Waals surface area (Å²) in [5.41, 5.74) is 1.51. The summed E-state index contributed by atoms with van der Waals surface area (Å²) in [6.07, 6.45) is 2.65. The second-order valence-electron chi connectivity index (χ2n) is 3.23. The van der Waals surface area contributed by atoms with E-state index in [-0.39, 0.29) is 5.56 Å². The SMILES string of the molecule is COc1ccc(-c2cocc2C(=O)O)cc1. The van der Waals surface area contributed by atoms with Gasteiger partial charge in [-0.25, -0.2) is 4.79 Å². The van der Waals surface area contributed by atoms with Crippen molar-refractivity contribution in [2.24, 2.45) is 0 Å². The van der Waals surface area contributed by atoms with Crippen molar-refractivity contribution in [3.8, 4) is 16.9 Å². The topological polar surface area (TPSA) is 59.7 Å². The van der Waals surface area contributed by atoms with Crippen LogP contribution in [0, 0.1) is 0 Å². The normalized spacial score (nSPS) is 10.1. The third-order valence-electron chi connectivity index (χ3n) is 2.29. The number of aromatic carboxylic acids is 1. The zero-order valence-corrected chi connectivity index (χ0v) is 8.64. The maximum atomic E-state index is 10.9. The molecule has 0 fully saturated rings. The highest BCUT2D eigenvalue weighted by Gasteiger charge is 2.13. The lowest BCUT2D eigenvalue weighted by atomic mass is 10.0. The average molecular weight is 218 g/mol. The van der Waals surface area contributed by atoms with E-state index in [0.717, 1.165) is 11.3 Å². The highest BCUT2D eigenvalue weighted by atomic mass is 16.5. The summed E-state index contributed by atoms with van der Waals surface area (Å²) in [6.45, 7) is 0. The molecule has 0 aliphatic rings. The number of rotatable bonds is 3. The van der Waals surface area contributed by atoms with Crippen molar-refractivity contribution < 1.29 is 19.1 Å². The Labute approximate surface area is 92.1 Å². The van der Waals surface area contributed by atoms with E-state index in [1.165, 1.54) is 12.5 Å². The van der Waals surface area contributed by atoms with Gasteiger partial charge in [0.05, 0.1) is 13.4 Å². The van der Waals surface area contributed by atoms with Crippen LogP contribution in [0.25, 0.3) is 11.1 Å². The van der Waals surface area contributed by atoms with Gasteiger partial charge in [-0.1, -0.05) is 12.1 Å². The van der Waals surface area contributed by atoms with E-state index < -0.39 is 5.97 Å². The van der Waals surface area contributed by atoms with Crippen molar-refractivity contribution in [3.05, 3.63) is 42.4 Å². The number of carbonyl (C=O) groups is 1. The average Bonchev–Trinajstić information content (AvgIpc) is 2.78. The van der Waals surface area contributed by atoms with Gasteiger partial charge in [0.2, 0.25) is 0 Å².